The predicted molar refractivity (Wildman–Crippen MR) is 74.8 cm³/mol. The van der Waals surface area contributed by atoms with Crippen molar-refractivity contribution in [3.05, 3.63) is 17.0 Å². The van der Waals surface area contributed by atoms with Crippen molar-refractivity contribution in [2.24, 2.45) is 0 Å². The Morgan fingerprint density at radius 1 is 1.37 bits per heavy atom. The summed E-state index contributed by atoms with van der Waals surface area (Å²) < 4.78 is 24.3. The highest BCUT2D eigenvalue weighted by atomic mass is 35.5. The number of aryl methyl sites for hydroxylation is 1. The topological polar surface area (TPSA) is 75.2 Å². The number of nitrogens with zero attached hydrogens (tertiary/aromatic N) is 3. The molecule has 1 N–H and O–H groups in total. The Balaban J connectivity index is 1.96. The van der Waals surface area contributed by atoms with E-state index in [1.807, 2.05) is 0 Å². The molecule has 0 bridgehead atoms. The quantitative estimate of drug-likeness (QED) is 0.851. The fourth-order valence-electron chi connectivity index (χ4n) is 2.15. The molecule has 6 nitrogen and oxygen atoms in total. The summed E-state index contributed by atoms with van der Waals surface area (Å²) in [5.41, 5.74) is 0. The van der Waals surface area contributed by atoms with E-state index in [0.717, 1.165) is 12.8 Å². The number of nitrogens with one attached hydrogen (secondary N) is 1. The first-order valence-corrected chi connectivity index (χ1v) is 8.30. The Kier molecular flexibility index (Phi) is 4.27. The van der Waals surface area contributed by atoms with Gasteiger partial charge in [0.2, 0.25) is 10.0 Å². The molecule has 1 aliphatic heterocycles. The van der Waals surface area contributed by atoms with Gasteiger partial charge in [-0.1, -0.05) is 11.6 Å². The summed E-state index contributed by atoms with van der Waals surface area (Å²) in [6, 6.07) is 1.89. The molecule has 1 aliphatic rings. The summed E-state index contributed by atoms with van der Waals surface area (Å²) in [7, 11) is -3.08. The lowest BCUT2D eigenvalue weighted by atomic mass is 10.1. The van der Waals surface area contributed by atoms with Crippen molar-refractivity contribution in [1.29, 1.82) is 0 Å². The maximum absolute atomic E-state index is 11.4. The van der Waals surface area contributed by atoms with Crippen LogP contribution in [-0.2, 0) is 10.0 Å². The van der Waals surface area contributed by atoms with Crippen molar-refractivity contribution in [2.45, 2.75) is 25.8 Å². The summed E-state index contributed by atoms with van der Waals surface area (Å²) in [6.45, 7) is 2.85. The molecular formula is C11H17ClN4O2S. The highest BCUT2D eigenvalue weighted by molar-refractivity contribution is 7.88. The van der Waals surface area contributed by atoms with Gasteiger partial charge in [0, 0.05) is 25.2 Å². The Morgan fingerprint density at radius 2 is 2.00 bits per heavy atom. The number of rotatable bonds is 3. The van der Waals surface area contributed by atoms with Crippen LogP contribution < -0.4 is 5.32 Å². The molecule has 8 heteroatoms. The van der Waals surface area contributed by atoms with Gasteiger partial charge in [0.25, 0.3) is 0 Å². The summed E-state index contributed by atoms with van der Waals surface area (Å²) in [5.74, 6) is 1.30. The van der Waals surface area contributed by atoms with Crippen molar-refractivity contribution in [3.63, 3.8) is 0 Å². The van der Waals surface area contributed by atoms with Crippen LogP contribution in [0, 0.1) is 6.92 Å². The van der Waals surface area contributed by atoms with Gasteiger partial charge in [-0.2, -0.15) is 0 Å². The maximum atomic E-state index is 11.4. The molecule has 0 aromatic carbocycles. The minimum atomic E-state index is -3.08. The average Bonchev–Trinajstić information content (AvgIpc) is 2.26. The third-order valence-electron chi connectivity index (χ3n) is 3.08. The zero-order valence-electron chi connectivity index (χ0n) is 10.9. The lowest BCUT2D eigenvalue weighted by Crippen LogP contribution is -2.41. The standard InChI is InChI=1S/C11H17ClN4O2S/c1-8-13-10(12)7-11(14-8)15-9-3-5-16(6-4-9)19(2,17)18/h7,9H,3-6H2,1-2H3,(H,13,14,15). The second-order valence-electron chi connectivity index (χ2n) is 4.70. The molecule has 0 unspecified atom stereocenters. The Morgan fingerprint density at radius 3 is 2.53 bits per heavy atom. The first kappa shape index (κ1) is 14.5. The van der Waals surface area contributed by atoms with E-state index in [4.69, 9.17) is 11.6 Å². The second kappa shape index (κ2) is 5.60. The Labute approximate surface area is 118 Å². The van der Waals surface area contributed by atoms with E-state index in [1.54, 1.807) is 13.0 Å². The van der Waals surface area contributed by atoms with Gasteiger partial charge in [-0.05, 0) is 19.8 Å². The van der Waals surface area contributed by atoms with Crippen LogP contribution in [0.5, 0.6) is 0 Å². The van der Waals surface area contributed by atoms with Crippen LogP contribution in [0.25, 0.3) is 0 Å². The molecule has 2 heterocycles. The van der Waals surface area contributed by atoms with E-state index in [1.165, 1.54) is 10.6 Å². The van der Waals surface area contributed by atoms with E-state index < -0.39 is 10.0 Å². The average molecular weight is 305 g/mol. The fraction of sp³-hybridized carbons (Fsp3) is 0.636. The lowest BCUT2D eigenvalue weighted by Gasteiger charge is -2.30. The van der Waals surface area contributed by atoms with Gasteiger partial charge < -0.3 is 5.32 Å². The lowest BCUT2D eigenvalue weighted by molar-refractivity contribution is 0.331. The minimum absolute atomic E-state index is 0.211. The zero-order chi connectivity index (χ0) is 14.0. The Bertz CT molecular complexity index is 536. The van der Waals surface area contributed by atoms with E-state index in [0.29, 0.717) is 29.9 Å². The van der Waals surface area contributed by atoms with Crippen LogP contribution >= 0.6 is 11.6 Å². The summed E-state index contributed by atoms with van der Waals surface area (Å²) >= 11 is 5.87. The Hall–Kier alpha value is -0.920. The van der Waals surface area contributed by atoms with Gasteiger partial charge in [0.05, 0.1) is 6.26 Å². The van der Waals surface area contributed by atoms with Gasteiger partial charge in [-0.3, -0.25) is 0 Å². The van der Waals surface area contributed by atoms with Gasteiger partial charge in [-0.25, -0.2) is 22.7 Å². The molecule has 0 aliphatic carbocycles. The molecule has 19 heavy (non-hydrogen) atoms. The van der Waals surface area contributed by atoms with Crippen LogP contribution in [0.1, 0.15) is 18.7 Å². The van der Waals surface area contributed by atoms with Gasteiger partial charge >= 0.3 is 0 Å². The molecule has 2 rings (SSSR count). The molecule has 1 fully saturated rings. The largest absolute Gasteiger partial charge is 0.367 e. The van der Waals surface area contributed by atoms with Crippen molar-refractivity contribution in [1.82, 2.24) is 14.3 Å². The number of aromatic nitrogens is 2. The smallest absolute Gasteiger partial charge is 0.211 e. The molecule has 0 saturated carbocycles. The SMILES string of the molecule is Cc1nc(Cl)cc(NC2CCN(S(C)(=O)=O)CC2)n1. The number of hydrogen-bond donors (Lipinski definition) is 1. The van der Waals surface area contributed by atoms with E-state index in [2.05, 4.69) is 15.3 Å². The maximum Gasteiger partial charge on any atom is 0.211 e. The number of sulfonamides is 1. The molecule has 0 amide bonds. The van der Waals surface area contributed by atoms with Crippen molar-refractivity contribution >= 4 is 27.4 Å². The first-order chi connectivity index (χ1) is 8.84. The van der Waals surface area contributed by atoms with Crippen LogP contribution in [-0.4, -0.2) is 48.1 Å². The normalized spacial score (nSPS) is 18.5. The minimum Gasteiger partial charge on any atom is -0.367 e. The van der Waals surface area contributed by atoms with E-state index >= 15 is 0 Å². The molecule has 0 spiro atoms. The van der Waals surface area contributed by atoms with Crippen molar-refractivity contribution in [2.75, 3.05) is 24.7 Å². The van der Waals surface area contributed by atoms with Gasteiger partial charge in [0.1, 0.15) is 16.8 Å². The van der Waals surface area contributed by atoms with E-state index in [9.17, 15) is 8.42 Å². The zero-order valence-corrected chi connectivity index (χ0v) is 12.5. The number of anilines is 1. The monoisotopic (exact) mass is 304 g/mol. The molecule has 1 saturated heterocycles. The van der Waals surface area contributed by atoms with Crippen LogP contribution in [0.15, 0.2) is 6.07 Å². The van der Waals surface area contributed by atoms with Gasteiger partial charge in [-0.15, -0.1) is 0 Å². The number of piperidine rings is 1. The molecule has 1 aromatic heterocycles. The summed E-state index contributed by atoms with van der Waals surface area (Å²) in [5, 5.41) is 3.68. The third kappa shape index (κ3) is 4.02. The predicted octanol–water partition coefficient (Wildman–Crippen LogP) is 1.27. The second-order valence-corrected chi connectivity index (χ2v) is 7.07. The van der Waals surface area contributed by atoms with Crippen LogP contribution in [0.3, 0.4) is 0 Å². The molecular weight excluding hydrogens is 288 g/mol. The number of halogens is 1. The van der Waals surface area contributed by atoms with Crippen LogP contribution in [0.2, 0.25) is 5.15 Å². The molecule has 1 aromatic rings. The fourth-order valence-corrected chi connectivity index (χ4v) is 3.25. The third-order valence-corrected chi connectivity index (χ3v) is 4.58. The first-order valence-electron chi connectivity index (χ1n) is 6.07. The highest BCUT2D eigenvalue weighted by Crippen LogP contribution is 2.18. The van der Waals surface area contributed by atoms with Crippen LogP contribution in [0.4, 0.5) is 5.82 Å². The summed E-state index contributed by atoms with van der Waals surface area (Å²) in [4.78, 5) is 8.26. The molecule has 0 atom stereocenters. The number of hydrogen-bond acceptors (Lipinski definition) is 5. The molecule has 106 valence electrons. The van der Waals surface area contributed by atoms with Crippen molar-refractivity contribution in [3.8, 4) is 0 Å². The van der Waals surface area contributed by atoms with E-state index in [-0.39, 0.29) is 6.04 Å². The highest BCUT2D eigenvalue weighted by Gasteiger charge is 2.24. The summed E-state index contributed by atoms with van der Waals surface area (Å²) in [6.07, 6.45) is 2.76. The van der Waals surface area contributed by atoms with Crippen molar-refractivity contribution < 1.29 is 8.42 Å². The molecule has 0 radical (unpaired) electrons. The van der Waals surface area contributed by atoms with Gasteiger partial charge in [0.15, 0.2) is 0 Å².